The Morgan fingerprint density at radius 1 is 0.964 bits per heavy atom. The molecule has 0 aliphatic heterocycles. The SMILES string of the molecule is N#Cc1ccc(/C=C/c2nc3ccccc3c(=O)n2-c2cccc(O)c2)cc1. The van der Waals surface area contributed by atoms with Crippen molar-refractivity contribution >= 4 is 23.1 Å². The van der Waals surface area contributed by atoms with Crippen molar-refractivity contribution in [2.24, 2.45) is 0 Å². The third-order valence-corrected chi connectivity index (χ3v) is 4.35. The molecule has 4 rings (SSSR count). The molecule has 0 saturated heterocycles. The molecule has 3 aromatic carbocycles. The average molecular weight is 365 g/mol. The zero-order valence-electron chi connectivity index (χ0n) is 14.8. The zero-order valence-corrected chi connectivity index (χ0v) is 14.8. The average Bonchev–Trinajstić information content (AvgIpc) is 2.73. The van der Waals surface area contributed by atoms with Crippen LogP contribution in [0.25, 0.3) is 28.7 Å². The van der Waals surface area contributed by atoms with E-state index < -0.39 is 0 Å². The Morgan fingerprint density at radius 2 is 1.75 bits per heavy atom. The number of aromatic nitrogens is 2. The van der Waals surface area contributed by atoms with Gasteiger partial charge < -0.3 is 5.11 Å². The summed E-state index contributed by atoms with van der Waals surface area (Å²) in [6.07, 6.45) is 3.58. The van der Waals surface area contributed by atoms with Gasteiger partial charge in [-0.2, -0.15) is 5.26 Å². The number of nitrogens with zero attached hydrogens (tertiary/aromatic N) is 3. The zero-order chi connectivity index (χ0) is 19.5. The van der Waals surface area contributed by atoms with E-state index in [0.29, 0.717) is 28.0 Å². The fraction of sp³-hybridized carbons (Fsp3) is 0. The maximum absolute atomic E-state index is 13.1. The van der Waals surface area contributed by atoms with Crippen molar-refractivity contribution in [1.82, 2.24) is 9.55 Å². The number of rotatable bonds is 3. The summed E-state index contributed by atoms with van der Waals surface area (Å²) in [7, 11) is 0. The Balaban J connectivity index is 1.90. The summed E-state index contributed by atoms with van der Waals surface area (Å²) in [5.74, 6) is 0.512. The molecule has 0 bridgehead atoms. The van der Waals surface area contributed by atoms with E-state index in [1.807, 2.05) is 24.3 Å². The fourth-order valence-corrected chi connectivity index (χ4v) is 2.98. The first-order valence-corrected chi connectivity index (χ1v) is 8.65. The summed E-state index contributed by atoms with van der Waals surface area (Å²) in [6, 6.07) is 22.9. The minimum atomic E-state index is -0.212. The molecule has 0 saturated carbocycles. The van der Waals surface area contributed by atoms with Gasteiger partial charge in [0.05, 0.1) is 28.2 Å². The highest BCUT2D eigenvalue weighted by Gasteiger charge is 2.11. The molecule has 0 atom stereocenters. The van der Waals surface area contributed by atoms with Gasteiger partial charge in [-0.3, -0.25) is 9.36 Å². The molecule has 0 amide bonds. The number of phenols is 1. The Hall–Kier alpha value is -4.17. The second-order valence-corrected chi connectivity index (χ2v) is 6.21. The molecular weight excluding hydrogens is 350 g/mol. The highest BCUT2D eigenvalue weighted by atomic mass is 16.3. The molecule has 0 fully saturated rings. The van der Waals surface area contributed by atoms with Crippen LogP contribution in [0.1, 0.15) is 17.0 Å². The van der Waals surface area contributed by atoms with Crippen LogP contribution in [0.3, 0.4) is 0 Å². The topological polar surface area (TPSA) is 78.9 Å². The lowest BCUT2D eigenvalue weighted by Gasteiger charge is -2.11. The van der Waals surface area contributed by atoms with E-state index in [0.717, 1.165) is 5.56 Å². The number of hydrogen-bond donors (Lipinski definition) is 1. The summed E-state index contributed by atoms with van der Waals surface area (Å²) in [5, 5.41) is 19.3. The monoisotopic (exact) mass is 365 g/mol. The van der Waals surface area contributed by atoms with E-state index in [9.17, 15) is 9.90 Å². The lowest BCUT2D eigenvalue weighted by molar-refractivity contribution is 0.475. The molecule has 0 radical (unpaired) electrons. The molecule has 5 heteroatoms. The molecule has 134 valence electrons. The number of nitriles is 1. The first kappa shape index (κ1) is 17.3. The van der Waals surface area contributed by atoms with Gasteiger partial charge >= 0.3 is 0 Å². The Labute approximate surface area is 161 Å². The fourth-order valence-electron chi connectivity index (χ4n) is 2.98. The van der Waals surface area contributed by atoms with Gasteiger partial charge in [-0.15, -0.1) is 0 Å². The smallest absolute Gasteiger partial charge is 0.266 e. The van der Waals surface area contributed by atoms with Crippen molar-refractivity contribution < 1.29 is 5.11 Å². The number of phenolic OH excluding ortho intramolecular Hbond substituents is 1. The number of hydrogen-bond acceptors (Lipinski definition) is 4. The molecule has 28 heavy (non-hydrogen) atoms. The second kappa shape index (κ2) is 7.22. The van der Waals surface area contributed by atoms with Crippen molar-refractivity contribution in [3.8, 4) is 17.5 Å². The molecule has 4 aromatic rings. The molecule has 1 heterocycles. The lowest BCUT2D eigenvalue weighted by atomic mass is 10.1. The summed E-state index contributed by atoms with van der Waals surface area (Å²) < 4.78 is 1.47. The summed E-state index contributed by atoms with van der Waals surface area (Å²) in [5.41, 5.74) is 2.38. The Morgan fingerprint density at radius 3 is 2.50 bits per heavy atom. The largest absolute Gasteiger partial charge is 0.508 e. The molecule has 0 spiro atoms. The Bertz CT molecular complexity index is 1300. The van der Waals surface area contributed by atoms with Crippen LogP contribution in [0.15, 0.2) is 77.6 Å². The number of para-hydroxylation sites is 1. The van der Waals surface area contributed by atoms with Crippen LogP contribution in [0.5, 0.6) is 5.75 Å². The highest BCUT2D eigenvalue weighted by molar-refractivity contribution is 5.80. The molecule has 0 unspecified atom stereocenters. The van der Waals surface area contributed by atoms with Crippen molar-refractivity contribution in [3.05, 3.63) is 100 Å². The quantitative estimate of drug-likeness (QED) is 0.592. The van der Waals surface area contributed by atoms with Gasteiger partial charge in [0.2, 0.25) is 0 Å². The van der Waals surface area contributed by atoms with E-state index in [1.54, 1.807) is 54.6 Å². The molecule has 5 nitrogen and oxygen atoms in total. The van der Waals surface area contributed by atoms with Gasteiger partial charge in [-0.1, -0.05) is 36.4 Å². The van der Waals surface area contributed by atoms with E-state index in [2.05, 4.69) is 11.1 Å². The van der Waals surface area contributed by atoms with Crippen LogP contribution < -0.4 is 5.56 Å². The number of benzene rings is 3. The van der Waals surface area contributed by atoms with Crippen LogP contribution in [0.2, 0.25) is 0 Å². The predicted molar refractivity (Wildman–Crippen MR) is 109 cm³/mol. The van der Waals surface area contributed by atoms with Gasteiger partial charge in [0.25, 0.3) is 5.56 Å². The first-order chi connectivity index (χ1) is 13.7. The minimum Gasteiger partial charge on any atom is -0.508 e. The second-order valence-electron chi connectivity index (χ2n) is 6.21. The van der Waals surface area contributed by atoms with Crippen LogP contribution in [-0.2, 0) is 0 Å². The molecular formula is C23H15N3O2. The van der Waals surface area contributed by atoms with Gasteiger partial charge in [-0.25, -0.2) is 4.98 Å². The molecule has 0 aliphatic rings. The van der Waals surface area contributed by atoms with Crippen molar-refractivity contribution in [2.75, 3.05) is 0 Å². The third-order valence-electron chi connectivity index (χ3n) is 4.35. The van der Waals surface area contributed by atoms with Crippen LogP contribution >= 0.6 is 0 Å². The maximum Gasteiger partial charge on any atom is 0.266 e. The summed E-state index contributed by atoms with van der Waals surface area (Å²) >= 11 is 0. The molecule has 1 N–H and O–H groups in total. The van der Waals surface area contributed by atoms with E-state index in [-0.39, 0.29) is 11.3 Å². The van der Waals surface area contributed by atoms with Crippen LogP contribution in [0.4, 0.5) is 0 Å². The number of aromatic hydroxyl groups is 1. The molecule has 1 aromatic heterocycles. The summed E-state index contributed by atoms with van der Waals surface area (Å²) in [6.45, 7) is 0. The van der Waals surface area contributed by atoms with Crippen molar-refractivity contribution in [3.63, 3.8) is 0 Å². The third kappa shape index (κ3) is 3.27. The number of fused-ring (bicyclic) bond motifs is 1. The van der Waals surface area contributed by atoms with E-state index in [4.69, 9.17) is 5.26 Å². The highest BCUT2D eigenvalue weighted by Crippen LogP contribution is 2.18. The van der Waals surface area contributed by atoms with E-state index >= 15 is 0 Å². The standard InChI is InChI=1S/C23H15N3O2/c24-15-17-10-8-16(9-11-17)12-13-22-25-21-7-2-1-6-20(21)23(28)26(22)18-4-3-5-19(27)14-18/h1-14,27H/b13-12+. The first-order valence-electron chi connectivity index (χ1n) is 8.65. The van der Waals surface area contributed by atoms with Crippen molar-refractivity contribution in [1.29, 1.82) is 5.26 Å². The van der Waals surface area contributed by atoms with Gasteiger partial charge in [0, 0.05) is 6.07 Å². The minimum absolute atomic E-state index is 0.0691. The lowest BCUT2D eigenvalue weighted by Crippen LogP contribution is -2.22. The van der Waals surface area contributed by atoms with Crippen molar-refractivity contribution in [2.45, 2.75) is 0 Å². The maximum atomic E-state index is 13.1. The predicted octanol–water partition coefficient (Wildman–Crippen LogP) is 4.13. The van der Waals surface area contributed by atoms with Crippen LogP contribution in [-0.4, -0.2) is 14.7 Å². The van der Waals surface area contributed by atoms with Gasteiger partial charge in [0.15, 0.2) is 0 Å². The van der Waals surface area contributed by atoms with E-state index in [1.165, 1.54) is 10.6 Å². The summed E-state index contributed by atoms with van der Waals surface area (Å²) in [4.78, 5) is 17.8. The van der Waals surface area contributed by atoms with Crippen LogP contribution in [0, 0.1) is 11.3 Å². The Kier molecular flexibility index (Phi) is 4.45. The van der Waals surface area contributed by atoms with Gasteiger partial charge in [0.1, 0.15) is 11.6 Å². The normalized spacial score (nSPS) is 11.0. The van der Waals surface area contributed by atoms with Gasteiger partial charge in [-0.05, 0) is 48.0 Å². The molecule has 0 aliphatic carbocycles.